The summed E-state index contributed by atoms with van der Waals surface area (Å²) in [5.74, 6) is 0.512. The van der Waals surface area contributed by atoms with Gasteiger partial charge in [0.2, 0.25) is 0 Å². The molecule has 0 spiro atoms. The van der Waals surface area contributed by atoms with E-state index in [0.717, 1.165) is 19.6 Å². The van der Waals surface area contributed by atoms with Crippen molar-refractivity contribution in [3.8, 4) is 0 Å². The topological polar surface area (TPSA) is 32.7 Å². The van der Waals surface area contributed by atoms with Crippen LogP contribution in [0.1, 0.15) is 34.1 Å². The summed E-state index contributed by atoms with van der Waals surface area (Å²) in [5, 5.41) is 11.0. The molecule has 1 N–H and O–H groups in total. The van der Waals surface area contributed by atoms with E-state index in [1.807, 2.05) is 6.92 Å². The first-order chi connectivity index (χ1) is 6.43. The van der Waals surface area contributed by atoms with Gasteiger partial charge in [-0.05, 0) is 24.7 Å². The molecule has 0 saturated carbocycles. The first-order valence-corrected chi connectivity index (χ1v) is 5.49. The molecule has 0 amide bonds. The fourth-order valence-electron chi connectivity index (χ4n) is 2.01. The molecule has 14 heavy (non-hydrogen) atoms. The van der Waals surface area contributed by atoms with Crippen LogP contribution < -0.4 is 0 Å². The molecule has 0 aliphatic carbocycles. The summed E-state index contributed by atoms with van der Waals surface area (Å²) < 4.78 is 5.58. The monoisotopic (exact) mass is 201 g/mol. The molecule has 3 heteroatoms. The Kier molecular flexibility index (Phi) is 3.93. The minimum absolute atomic E-state index is 0.197. The fraction of sp³-hybridized carbons (Fsp3) is 1.00. The molecule has 1 aliphatic heterocycles. The third kappa shape index (κ3) is 3.23. The Bertz CT molecular complexity index is 177. The third-order valence-electron chi connectivity index (χ3n) is 3.02. The van der Waals surface area contributed by atoms with Crippen molar-refractivity contribution in [1.29, 1.82) is 0 Å². The second-order valence-corrected chi connectivity index (χ2v) is 5.25. The molecule has 3 nitrogen and oxygen atoms in total. The van der Waals surface area contributed by atoms with E-state index in [1.54, 1.807) is 0 Å². The van der Waals surface area contributed by atoms with Crippen LogP contribution in [0.2, 0.25) is 0 Å². The van der Waals surface area contributed by atoms with Crippen molar-refractivity contribution in [2.75, 3.05) is 19.7 Å². The zero-order valence-electron chi connectivity index (χ0n) is 9.79. The fourth-order valence-corrected chi connectivity index (χ4v) is 2.01. The van der Waals surface area contributed by atoms with Crippen LogP contribution in [0.4, 0.5) is 0 Å². The molecule has 84 valence electrons. The lowest BCUT2D eigenvalue weighted by molar-refractivity contribution is -0.168. The van der Waals surface area contributed by atoms with E-state index in [9.17, 15) is 5.21 Å². The minimum atomic E-state index is 0.197. The van der Waals surface area contributed by atoms with Crippen molar-refractivity contribution in [3.05, 3.63) is 0 Å². The highest BCUT2D eigenvalue weighted by molar-refractivity contribution is 4.83. The van der Waals surface area contributed by atoms with Gasteiger partial charge in [-0.2, -0.15) is 5.06 Å². The lowest BCUT2D eigenvalue weighted by Crippen LogP contribution is -2.46. The number of hydrogen-bond acceptors (Lipinski definition) is 3. The lowest BCUT2D eigenvalue weighted by Gasteiger charge is -2.40. The number of hydrogen-bond donors (Lipinski definition) is 1. The zero-order valence-corrected chi connectivity index (χ0v) is 9.79. The highest BCUT2D eigenvalue weighted by atomic mass is 16.5. The molecule has 1 saturated heterocycles. The van der Waals surface area contributed by atoms with Crippen LogP contribution in [-0.4, -0.2) is 36.1 Å². The molecule has 0 aromatic heterocycles. The number of nitrogens with zero attached hydrogens (tertiary/aromatic N) is 1. The molecule has 0 aromatic carbocycles. The predicted octanol–water partition coefficient (Wildman–Crippen LogP) is 2.15. The largest absolute Gasteiger partial charge is 0.377 e. The van der Waals surface area contributed by atoms with Crippen molar-refractivity contribution < 1.29 is 9.94 Å². The van der Waals surface area contributed by atoms with E-state index in [0.29, 0.717) is 12.5 Å². The zero-order chi connectivity index (χ0) is 10.8. The highest BCUT2D eigenvalue weighted by Crippen LogP contribution is 2.33. The van der Waals surface area contributed by atoms with Gasteiger partial charge < -0.3 is 9.94 Å². The van der Waals surface area contributed by atoms with Crippen molar-refractivity contribution >= 4 is 0 Å². The third-order valence-corrected chi connectivity index (χ3v) is 3.02. The van der Waals surface area contributed by atoms with Gasteiger partial charge in [-0.1, -0.05) is 20.8 Å². The van der Waals surface area contributed by atoms with Gasteiger partial charge in [-0.25, -0.2) is 0 Å². The van der Waals surface area contributed by atoms with Crippen LogP contribution in [0.15, 0.2) is 0 Å². The molecular formula is C11H23NO2. The van der Waals surface area contributed by atoms with E-state index in [1.165, 1.54) is 5.06 Å². The van der Waals surface area contributed by atoms with Crippen LogP contribution in [0.3, 0.4) is 0 Å². The summed E-state index contributed by atoms with van der Waals surface area (Å²) >= 11 is 0. The molecule has 1 rings (SSSR count). The molecule has 0 radical (unpaired) electrons. The van der Waals surface area contributed by atoms with Crippen LogP contribution >= 0.6 is 0 Å². The maximum Gasteiger partial charge on any atom is 0.0728 e. The van der Waals surface area contributed by atoms with Gasteiger partial charge in [0, 0.05) is 13.2 Å². The van der Waals surface area contributed by atoms with E-state index in [4.69, 9.17) is 4.74 Å². The number of hydroxylamine groups is 2. The van der Waals surface area contributed by atoms with Crippen LogP contribution in [-0.2, 0) is 4.74 Å². The molecule has 0 aromatic rings. The Morgan fingerprint density at radius 1 is 1.36 bits per heavy atom. The number of rotatable bonds is 2. The van der Waals surface area contributed by atoms with E-state index >= 15 is 0 Å². The normalized spacial score (nSPS) is 30.6. The average Bonchev–Trinajstić information content (AvgIpc) is 2.02. The molecule has 1 heterocycles. The van der Waals surface area contributed by atoms with Crippen molar-refractivity contribution in [1.82, 2.24) is 5.06 Å². The van der Waals surface area contributed by atoms with E-state index < -0.39 is 0 Å². The van der Waals surface area contributed by atoms with Gasteiger partial charge in [0.15, 0.2) is 0 Å². The van der Waals surface area contributed by atoms with Crippen LogP contribution in [0, 0.1) is 11.3 Å². The van der Waals surface area contributed by atoms with E-state index in [-0.39, 0.29) is 11.5 Å². The standard InChI is InChI=1S/C11H23NO2/c1-5-14-10-6-9(11(2,3)4)7-12(13)8-10/h9-10,13H,5-8H2,1-4H3. The first kappa shape index (κ1) is 12.0. The second kappa shape index (κ2) is 4.60. The summed E-state index contributed by atoms with van der Waals surface area (Å²) in [6.45, 7) is 10.8. The maximum atomic E-state index is 9.59. The van der Waals surface area contributed by atoms with Crippen LogP contribution in [0.25, 0.3) is 0 Å². The molecular weight excluding hydrogens is 178 g/mol. The lowest BCUT2D eigenvalue weighted by atomic mass is 9.76. The summed E-state index contributed by atoms with van der Waals surface area (Å²) in [6.07, 6.45) is 1.26. The van der Waals surface area contributed by atoms with Gasteiger partial charge in [0.1, 0.15) is 0 Å². The van der Waals surface area contributed by atoms with Crippen LogP contribution in [0.5, 0.6) is 0 Å². The molecule has 2 unspecified atom stereocenters. The summed E-state index contributed by atoms with van der Waals surface area (Å²) in [4.78, 5) is 0. The van der Waals surface area contributed by atoms with Gasteiger partial charge in [0.25, 0.3) is 0 Å². The SMILES string of the molecule is CCOC1CC(C(C)(C)C)CN(O)C1. The predicted molar refractivity (Wildman–Crippen MR) is 56.3 cm³/mol. The van der Waals surface area contributed by atoms with Crippen molar-refractivity contribution in [2.24, 2.45) is 11.3 Å². The average molecular weight is 201 g/mol. The number of piperidine rings is 1. The van der Waals surface area contributed by atoms with Gasteiger partial charge in [-0.3, -0.25) is 0 Å². The van der Waals surface area contributed by atoms with E-state index in [2.05, 4.69) is 20.8 Å². The maximum absolute atomic E-state index is 9.59. The Morgan fingerprint density at radius 2 is 2.00 bits per heavy atom. The Morgan fingerprint density at radius 3 is 2.50 bits per heavy atom. The van der Waals surface area contributed by atoms with Gasteiger partial charge >= 0.3 is 0 Å². The summed E-state index contributed by atoms with van der Waals surface area (Å²) in [7, 11) is 0. The Hall–Kier alpha value is -0.120. The highest BCUT2D eigenvalue weighted by Gasteiger charge is 2.33. The quantitative estimate of drug-likeness (QED) is 0.743. The second-order valence-electron chi connectivity index (χ2n) is 5.25. The smallest absolute Gasteiger partial charge is 0.0728 e. The molecule has 1 aliphatic rings. The minimum Gasteiger partial charge on any atom is -0.377 e. The van der Waals surface area contributed by atoms with Gasteiger partial charge in [0.05, 0.1) is 12.6 Å². The summed E-state index contributed by atoms with van der Waals surface area (Å²) in [5.41, 5.74) is 0.247. The molecule has 0 bridgehead atoms. The molecule has 2 atom stereocenters. The Balaban J connectivity index is 2.54. The molecule has 1 fully saturated rings. The first-order valence-electron chi connectivity index (χ1n) is 5.49. The number of ether oxygens (including phenoxy) is 1. The Labute approximate surface area is 87.0 Å². The van der Waals surface area contributed by atoms with Crippen molar-refractivity contribution in [3.63, 3.8) is 0 Å². The van der Waals surface area contributed by atoms with Crippen molar-refractivity contribution in [2.45, 2.75) is 40.2 Å². The summed E-state index contributed by atoms with van der Waals surface area (Å²) in [6, 6.07) is 0. The van der Waals surface area contributed by atoms with Gasteiger partial charge in [-0.15, -0.1) is 0 Å².